The molecule has 0 heterocycles. The van der Waals surface area contributed by atoms with Crippen LogP contribution >= 0.6 is 0 Å². The maximum atomic E-state index is 11.1. The van der Waals surface area contributed by atoms with Crippen LogP contribution in [0.3, 0.4) is 0 Å². The maximum Gasteiger partial charge on any atom is 0.312 e. The van der Waals surface area contributed by atoms with Gasteiger partial charge in [0.15, 0.2) is 0 Å². The molecule has 0 aliphatic carbocycles. The zero-order valence-electron chi connectivity index (χ0n) is 12.7. The van der Waals surface area contributed by atoms with Crippen LogP contribution < -0.4 is 4.74 Å². The normalized spacial score (nSPS) is 11.8. The van der Waals surface area contributed by atoms with Crippen LogP contribution in [0.2, 0.25) is 0 Å². The van der Waals surface area contributed by atoms with Crippen molar-refractivity contribution in [3.63, 3.8) is 0 Å². The molecule has 0 unspecified atom stereocenters. The quantitative estimate of drug-likeness (QED) is 0.391. The van der Waals surface area contributed by atoms with Gasteiger partial charge in [-0.2, -0.15) is 16.8 Å². The number of nitro groups is 2. The van der Waals surface area contributed by atoms with Crippen LogP contribution in [-0.4, -0.2) is 35.8 Å². The molecule has 0 fully saturated rings. The van der Waals surface area contributed by atoms with Crippen molar-refractivity contribution in [2.75, 3.05) is 0 Å². The fraction of sp³-hybridized carbons (Fsp3) is 0. The Morgan fingerprint density at radius 3 is 1.33 bits per heavy atom. The molecular formula is C12H8N2O11S2. The van der Waals surface area contributed by atoms with E-state index in [1.165, 1.54) is 0 Å². The van der Waals surface area contributed by atoms with E-state index in [1.807, 2.05) is 0 Å². The first-order valence-electron chi connectivity index (χ1n) is 6.50. The lowest BCUT2D eigenvalue weighted by Crippen LogP contribution is -2.03. The Bertz CT molecular complexity index is 1060. The van der Waals surface area contributed by atoms with Crippen molar-refractivity contribution in [3.8, 4) is 11.5 Å². The molecule has 0 aliphatic rings. The predicted molar refractivity (Wildman–Crippen MR) is 85.9 cm³/mol. The van der Waals surface area contributed by atoms with Crippen LogP contribution in [0.1, 0.15) is 0 Å². The third-order valence-electron chi connectivity index (χ3n) is 3.07. The molecule has 2 aromatic rings. The third kappa shape index (κ3) is 4.53. The molecule has 2 rings (SSSR count). The van der Waals surface area contributed by atoms with Gasteiger partial charge in [0.2, 0.25) is 11.5 Å². The number of benzene rings is 2. The van der Waals surface area contributed by atoms with Crippen molar-refractivity contribution in [1.29, 1.82) is 0 Å². The van der Waals surface area contributed by atoms with Crippen LogP contribution in [-0.2, 0) is 20.2 Å². The van der Waals surface area contributed by atoms with Gasteiger partial charge < -0.3 is 4.74 Å². The van der Waals surface area contributed by atoms with Gasteiger partial charge >= 0.3 is 11.4 Å². The maximum absolute atomic E-state index is 11.1. The summed E-state index contributed by atoms with van der Waals surface area (Å²) in [5, 5.41) is 22.2. The zero-order chi connectivity index (χ0) is 20.6. The molecule has 13 nitrogen and oxygen atoms in total. The molecule has 0 aromatic heterocycles. The Morgan fingerprint density at radius 2 is 1.07 bits per heavy atom. The zero-order valence-corrected chi connectivity index (χ0v) is 14.4. The summed E-state index contributed by atoms with van der Waals surface area (Å²) in [5.74, 6) is -1.23. The van der Waals surface area contributed by atoms with Crippen LogP contribution in [0.25, 0.3) is 0 Å². The van der Waals surface area contributed by atoms with E-state index in [-0.39, 0.29) is 0 Å². The monoisotopic (exact) mass is 420 g/mol. The minimum absolute atomic E-state index is 0.475. The van der Waals surface area contributed by atoms with E-state index < -0.39 is 62.7 Å². The Hall–Kier alpha value is -3.14. The predicted octanol–water partition coefficient (Wildman–Crippen LogP) is 1.79. The molecule has 0 saturated heterocycles. The van der Waals surface area contributed by atoms with Gasteiger partial charge in [0.1, 0.15) is 9.79 Å². The Labute approximate surface area is 150 Å². The highest BCUT2D eigenvalue weighted by atomic mass is 32.2. The molecule has 144 valence electrons. The second-order valence-electron chi connectivity index (χ2n) is 4.83. The van der Waals surface area contributed by atoms with E-state index in [1.54, 1.807) is 0 Å². The van der Waals surface area contributed by atoms with E-state index >= 15 is 0 Å². The second kappa shape index (κ2) is 6.88. The van der Waals surface area contributed by atoms with Gasteiger partial charge in [-0.3, -0.25) is 29.3 Å². The fourth-order valence-corrected chi connectivity index (χ4v) is 2.89. The van der Waals surface area contributed by atoms with Gasteiger partial charge in [-0.15, -0.1) is 0 Å². The van der Waals surface area contributed by atoms with E-state index in [2.05, 4.69) is 0 Å². The fourth-order valence-electron chi connectivity index (χ4n) is 1.89. The molecule has 0 bridgehead atoms. The highest BCUT2D eigenvalue weighted by Crippen LogP contribution is 2.38. The lowest BCUT2D eigenvalue weighted by Gasteiger charge is -2.08. The highest BCUT2D eigenvalue weighted by Gasteiger charge is 2.26. The topological polar surface area (TPSA) is 204 Å². The van der Waals surface area contributed by atoms with Crippen molar-refractivity contribution in [1.82, 2.24) is 0 Å². The SMILES string of the molecule is O=[N+]([O-])c1cc(S(=O)(=O)O)ccc1Oc1ccc(S(=O)(=O)O)cc1[N+](=O)[O-]. The summed E-state index contributed by atoms with van der Waals surface area (Å²) < 4.78 is 67.2. The van der Waals surface area contributed by atoms with E-state index in [4.69, 9.17) is 13.8 Å². The van der Waals surface area contributed by atoms with E-state index in [0.29, 0.717) is 12.1 Å². The van der Waals surface area contributed by atoms with Gasteiger partial charge in [0.05, 0.1) is 9.85 Å². The Morgan fingerprint density at radius 1 is 0.741 bits per heavy atom. The summed E-state index contributed by atoms with van der Waals surface area (Å²) in [5.41, 5.74) is -1.86. The summed E-state index contributed by atoms with van der Waals surface area (Å²) >= 11 is 0. The summed E-state index contributed by atoms with van der Waals surface area (Å²) in [6.45, 7) is 0. The second-order valence-corrected chi connectivity index (χ2v) is 7.67. The Balaban J connectivity index is 2.60. The number of nitrogens with zero attached hydrogens (tertiary/aromatic N) is 2. The summed E-state index contributed by atoms with van der Waals surface area (Å²) in [6.07, 6.45) is 0. The molecule has 27 heavy (non-hydrogen) atoms. The number of hydrogen-bond donors (Lipinski definition) is 2. The molecule has 0 aliphatic heterocycles. The first-order valence-corrected chi connectivity index (χ1v) is 9.38. The van der Waals surface area contributed by atoms with Gasteiger partial charge in [0.25, 0.3) is 20.2 Å². The number of ether oxygens (including phenoxy) is 1. The first-order chi connectivity index (χ1) is 12.3. The average molecular weight is 420 g/mol. The summed E-state index contributed by atoms with van der Waals surface area (Å²) in [7, 11) is -9.51. The average Bonchev–Trinajstić information content (AvgIpc) is 2.53. The lowest BCUT2D eigenvalue weighted by atomic mass is 10.2. The molecular weight excluding hydrogens is 412 g/mol. The van der Waals surface area contributed by atoms with Crippen LogP contribution in [0.5, 0.6) is 11.5 Å². The van der Waals surface area contributed by atoms with Crippen molar-refractivity contribution in [2.45, 2.75) is 9.79 Å². The summed E-state index contributed by atoms with van der Waals surface area (Å²) in [6, 6.07) is 4.03. The molecule has 15 heteroatoms. The Kier molecular flexibility index (Phi) is 5.14. The lowest BCUT2D eigenvalue weighted by molar-refractivity contribution is -0.387. The standard InChI is InChI=1S/C12H8N2O11S2/c15-13(16)9-5-7(26(19,20)21)1-3-11(9)25-12-4-2-8(27(22,23)24)6-10(12)14(17)18/h1-6H,(H,19,20,21)(H,22,23,24). The van der Waals surface area contributed by atoms with Gasteiger partial charge in [0, 0.05) is 12.1 Å². The van der Waals surface area contributed by atoms with Crippen molar-refractivity contribution < 1.29 is 40.5 Å². The molecule has 0 saturated carbocycles. The van der Waals surface area contributed by atoms with Gasteiger partial charge in [-0.25, -0.2) is 0 Å². The number of rotatable bonds is 6. The molecule has 0 atom stereocenters. The first kappa shape index (κ1) is 20.2. The van der Waals surface area contributed by atoms with Crippen molar-refractivity contribution >= 4 is 31.6 Å². The smallest absolute Gasteiger partial charge is 0.312 e. The highest BCUT2D eigenvalue weighted by molar-refractivity contribution is 7.86. The van der Waals surface area contributed by atoms with E-state index in [9.17, 15) is 37.1 Å². The minimum atomic E-state index is -4.75. The molecule has 0 spiro atoms. The van der Waals surface area contributed by atoms with Gasteiger partial charge in [-0.05, 0) is 24.3 Å². The summed E-state index contributed by atoms with van der Waals surface area (Å²) in [4.78, 5) is 18.5. The third-order valence-corrected chi connectivity index (χ3v) is 4.77. The van der Waals surface area contributed by atoms with Crippen LogP contribution in [0.4, 0.5) is 11.4 Å². The molecule has 2 aromatic carbocycles. The van der Waals surface area contributed by atoms with Gasteiger partial charge in [-0.1, -0.05) is 0 Å². The van der Waals surface area contributed by atoms with Crippen molar-refractivity contribution in [2.24, 2.45) is 0 Å². The molecule has 2 N–H and O–H groups in total. The van der Waals surface area contributed by atoms with E-state index in [0.717, 1.165) is 24.3 Å². The largest absolute Gasteiger partial charge is 0.443 e. The molecule has 0 radical (unpaired) electrons. The minimum Gasteiger partial charge on any atom is -0.443 e. The number of hydrogen-bond acceptors (Lipinski definition) is 9. The van der Waals surface area contributed by atoms with Crippen molar-refractivity contribution in [3.05, 3.63) is 56.6 Å². The molecule has 0 amide bonds. The number of nitro benzene ring substituents is 2. The van der Waals surface area contributed by atoms with Crippen LogP contribution in [0.15, 0.2) is 46.2 Å². The van der Waals surface area contributed by atoms with Crippen LogP contribution in [0, 0.1) is 20.2 Å².